The first kappa shape index (κ1) is 16.8. The van der Waals surface area contributed by atoms with E-state index in [0.29, 0.717) is 11.8 Å². The van der Waals surface area contributed by atoms with Gasteiger partial charge in [-0.1, -0.05) is 18.2 Å². The molecule has 4 rings (SSSR count). The largest absolute Gasteiger partial charge is 0.344 e. The number of allylic oxidation sites excluding steroid dienone is 1. The molecule has 136 valence electrons. The number of rotatable bonds is 3. The summed E-state index contributed by atoms with van der Waals surface area (Å²) >= 11 is 0. The van der Waals surface area contributed by atoms with Crippen LogP contribution in [0.15, 0.2) is 28.8 Å². The summed E-state index contributed by atoms with van der Waals surface area (Å²) in [4.78, 5) is 21.1. The van der Waals surface area contributed by atoms with E-state index in [0.717, 1.165) is 44.3 Å². The van der Waals surface area contributed by atoms with E-state index >= 15 is 0 Å². The fourth-order valence-electron chi connectivity index (χ4n) is 3.65. The normalized spacial score (nSPS) is 17.2. The van der Waals surface area contributed by atoms with Gasteiger partial charge in [0.15, 0.2) is 0 Å². The van der Waals surface area contributed by atoms with Crippen LogP contribution in [0.1, 0.15) is 52.6 Å². The maximum Gasteiger partial charge on any atom is 0.265 e. The van der Waals surface area contributed by atoms with Crippen LogP contribution in [0.5, 0.6) is 0 Å². The highest BCUT2D eigenvalue weighted by molar-refractivity contribution is 5.94. The van der Waals surface area contributed by atoms with E-state index < -0.39 is 0 Å². The number of likely N-dealkylation sites (tertiary alicyclic amines) is 1. The van der Waals surface area contributed by atoms with Crippen molar-refractivity contribution >= 4 is 17.9 Å². The zero-order chi connectivity index (χ0) is 18.1. The molecule has 6 heteroatoms. The molecule has 1 aromatic carbocycles. The van der Waals surface area contributed by atoms with Gasteiger partial charge in [0, 0.05) is 38.7 Å². The molecule has 1 aromatic heterocycles. The molecule has 1 fully saturated rings. The summed E-state index contributed by atoms with van der Waals surface area (Å²) < 4.78 is 5.40. The first-order chi connectivity index (χ1) is 12.6. The lowest BCUT2D eigenvalue weighted by atomic mass is 9.93. The quantitative estimate of drug-likeness (QED) is 0.849. The SMILES string of the molecule is CN(C)c1noc(C2CCN(C(=O)c3ccc4c(c3)CCC=C4)CC2)n1. The third-order valence-corrected chi connectivity index (χ3v) is 5.23. The van der Waals surface area contributed by atoms with E-state index in [1.54, 1.807) is 0 Å². The molecule has 2 heterocycles. The summed E-state index contributed by atoms with van der Waals surface area (Å²) in [5.74, 6) is 1.64. The lowest BCUT2D eigenvalue weighted by Crippen LogP contribution is -2.38. The smallest absolute Gasteiger partial charge is 0.265 e. The number of carbonyl (C=O) groups is 1. The molecule has 0 radical (unpaired) electrons. The second kappa shape index (κ2) is 6.94. The Balaban J connectivity index is 1.41. The number of nitrogens with zero attached hydrogens (tertiary/aromatic N) is 4. The van der Waals surface area contributed by atoms with Crippen LogP contribution < -0.4 is 4.90 Å². The number of fused-ring (bicyclic) bond motifs is 1. The lowest BCUT2D eigenvalue weighted by Gasteiger charge is -2.30. The van der Waals surface area contributed by atoms with Crippen LogP contribution in [-0.2, 0) is 6.42 Å². The molecule has 0 saturated carbocycles. The summed E-state index contributed by atoms with van der Waals surface area (Å²) in [5.41, 5.74) is 3.31. The monoisotopic (exact) mass is 352 g/mol. The molecule has 0 N–H and O–H groups in total. The molecule has 1 saturated heterocycles. The van der Waals surface area contributed by atoms with Gasteiger partial charge in [-0.3, -0.25) is 4.79 Å². The average molecular weight is 352 g/mol. The molecule has 0 bridgehead atoms. The van der Waals surface area contributed by atoms with Gasteiger partial charge in [0.2, 0.25) is 5.89 Å². The fourth-order valence-corrected chi connectivity index (χ4v) is 3.65. The van der Waals surface area contributed by atoms with Gasteiger partial charge in [-0.2, -0.15) is 4.98 Å². The lowest BCUT2D eigenvalue weighted by molar-refractivity contribution is 0.0704. The summed E-state index contributed by atoms with van der Waals surface area (Å²) in [7, 11) is 3.79. The molecule has 0 atom stereocenters. The van der Waals surface area contributed by atoms with Crippen LogP contribution in [0.25, 0.3) is 6.08 Å². The van der Waals surface area contributed by atoms with Gasteiger partial charge in [0.1, 0.15) is 0 Å². The Hall–Kier alpha value is -2.63. The minimum Gasteiger partial charge on any atom is -0.344 e. The molecule has 1 aliphatic heterocycles. The Morgan fingerprint density at radius 3 is 2.81 bits per heavy atom. The van der Waals surface area contributed by atoms with Gasteiger partial charge in [-0.05, 0) is 54.1 Å². The molecule has 6 nitrogen and oxygen atoms in total. The number of benzene rings is 1. The minimum atomic E-state index is 0.125. The molecule has 2 aliphatic rings. The van der Waals surface area contributed by atoms with Crippen molar-refractivity contribution in [3.63, 3.8) is 0 Å². The summed E-state index contributed by atoms with van der Waals surface area (Å²) in [5, 5.41) is 3.99. The Bertz CT molecular complexity index is 832. The van der Waals surface area contributed by atoms with Crippen LogP contribution in [0.3, 0.4) is 0 Å². The molecule has 1 amide bonds. The summed E-state index contributed by atoms with van der Waals surface area (Å²) in [6.07, 6.45) is 8.11. The van der Waals surface area contributed by atoms with Gasteiger partial charge < -0.3 is 14.3 Å². The molecule has 1 aliphatic carbocycles. The highest BCUT2D eigenvalue weighted by Gasteiger charge is 2.28. The van der Waals surface area contributed by atoms with Crippen LogP contribution in [-0.4, -0.2) is 48.1 Å². The van der Waals surface area contributed by atoms with Gasteiger partial charge in [-0.25, -0.2) is 0 Å². The second-order valence-electron chi connectivity index (χ2n) is 7.25. The number of hydrogen-bond donors (Lipinski definition) is 0. The molecule has 26 heavy (non-hydrogen) atoms. The molecule has 0 spiro atoms. The Morgan fingerprint density at radius 1 is 1.27 bits per heavy atom. The zero-order valence-electron chi connectivity index (χ0n) is 15.3. The maximum atomic E-state index is 12.9. The fraction of sp³-hybridized carbons (Fsp3) is 0.450. The second-order valence-corrected chi connectivity index (χ2v) is 7.25. The summed E-state index contributed by atoms with van der Waals surface area (Å²) in [6.45, 7) is 1.44. The van der Waals surface area contributed by atoms with Crippen LogP contribution in [0.4, 0.5) is 5.95 Å². The molecule has 0 unspecified atom stereocenters. The minimum absolute atomic E-state index is 0.125. The van der Waals surface area contributed by atoms with E-state index in [9.17, 15) is 4.79 Å². The Labute approximate surface area is 153 Å². The van der Waals surface area contributed by atoms with Crippen molar-refractivity contribution in [2.45, 2.75) is 31.6 Å². The first-order valence-electron chi connectivity index (χ1n) is 9.21. The zero-order valence-corrected chi connectivity index (χ0v) is 15.3. The number of hydrogen-bond acceptors (Lipinski definition) is 5. The van der Waals surface area contributed by atoms with E-state index in [2.05, 4.69) is 34.4 Å². The Morgan fingerprint density at radius 2 is 2.08 bits per heavy atom. The van der Waals surface area contributed by atoms with E-state index in [4.69, 9.17) is 4.52 Å². The van der Waals surface area contributed by atoms with E-state index in [-0.39, 0.29) is 11.8 Å². The van der Waals surface area contributed by atoms with Gasteiger partial charge in [0.05, 0.1) is 0 Å². The Kier molecular flexibility index (Phi) is 4.49. The highest BCUT2D eigenvalue weighted by atomic mass is 16.5. The number of carbonyl (C=O) groups excluding carboxylic acids is 1. The predicted molar refractivity (Wildman–Crippen MR) is 100 cm³/mol. The van der Waals surface area contributed by atoms with Crippen molar-refractivity contribution in [1.82, 2.24) is 15.0 Å². The van der Waals surface area contributed by atoms with Crippen molar-refractivity contribution in [1.29, 1.82) is 0 Å². The molecule has 2 aromatic rings. The van der Waals surface area contributed by atoms with Crippen molar-refractivity contribution in [3.05, 3.63) is 46.9 Å². The predicted octanol–water partition coefficient (Wildman–Crippen LogP) is 3.11. The van der Waals surface area contributed by atoms with Crippen molar-refractivity contribution < 1.29 is 9.32 Å². The maximum absolute atomic E-state index is 12.9. The third kappa shape index (κ3) is 3.23. The van der Waals surface area contributed by atoms with Gasteiger partial charge in [-0.15, -0.1) is 0 Å². The van der Waals surface area contributed by atoms with E-state index in [1.165, 1.54) is 11.1 Å². The first-order valence-corrected chi connectivity index (χ1v) is 9.21. The average Bonchev–Trinajstić information content (AvgIpc) is 3.18. The van der Waals surface area contributed by atoms with Crippen LogP contribution >= 0.6 is 0 Å². The van der Waals surface area contributed by atoms with Crippen molar-refractivity contribution in [2.75, 3.05) is 32.1 Å². The third-order valence-electron chi connectivity index (χ3n) is 5.23. The number of piperidine rings is 1. The standard InChI is InChI=1S/C20H24N4O2/c1-23(2)20-21-18(26-22-20)15-9-11-24(12-10-15)19(25)17-8-7-14-5-3-4-6-16(14)13-17/h3,5,7-8,13,15H,4,6,9-12H2,1-2H3. The summed E-state index contributed by atoms with van der Waals surface area (Å²) in [6, 6.07) is 6.07. The van der Waals surface area contributed by atoms with Crippen molar-refractivity contribution in [2.24, 2.45) is 0 Å². The highest BCUT2D eigenvalue weighted by Crippen LogP contribution is 2.29. The molecular weight excluding hydrogens is 328 g/mol. The number of anilines is 1. The number of aromatic nitrogens is 2. The van der Waals surface area contributed by atoms with Gasteiger partial charge in [0.25, 0.3) is 11.9 Å². The van der Waals surface area contributed by atoms with Gasteiger partial charge >= 0.3 is 0 Å². The number of aryl methyl sites for hydroxylation is 1. The van der Waals surface area contributed by atoms with Crippen molar-refractivity contribution in [3.8, 4) is 0 Å². The van der Waals surface area contributed by atoms with Crippen LogP contribution in [0, 0.1) is 0 Å². The molecular formula is C20H24N4O2. The van der Waals surface area contributed by atoms with Crippen LogP contribution in [0.2, 0.25) is 0 Å². The topological polar surface area (TPSA) is 62.5 Å². The van der Waals surface area contributed by atoms with E-state index in [1.807, 2.05) is 30.0 Å². The number of amides is 1.